The molecule has 1 aromatic carbocycles. The maximum atomic E-state index is 11.9. The molecule has 2 aromatic rings. The number of hydrogen-bond donors (Lipinski definition) is 2. The third kappa shape index (κ3) is 6.03. The van der Waals surface area contributed by atoms with Gasteiger partial charge in [-0.25, -0.2) is 4.98 Å². The topological polar surface area (TPSA) is 71.1 Å². The Morgan fingerprint density at radius 3 is 2.74 bits per heavy atom. The Morgan fingerprint density at radius 1 is 1.22 bits per heavy atom. The lowest BCUT2D eigenvalue weighted by molar-refractivity contribution is -0.122. The molecule has 0 spiro atoms. The van der Waals surface area contributed by atoms with E-state index in [4.69, 9.17) is 0 Å². The van der Waals surface area contributed by atoms with Crippen molar-refractivity contribution in [3.63, 3.8) is 0 Å². The number of anilines is 1. The summed E-state index contributed by atoms with van der Waals surface area (Å²) in [5, 5.41) is 6.14. The number of rotatable bonds is 6. The van der Waals surface area contributed by atoms with Crippen molar-refractivity contribution in [1.29, 1.82) is 0 Å². The predicted octanol–water partition coefficient (Wildman–Crippen LogP) is 3.00. The average Bonchev–Trinajstić information content (AvgIpc) is 2.54. The first-order chi connectivity index (χ1) is 11.0. The van der Waals surface area contributed by atoms with Crippen LogP contribution in [0, 0.1) is 6.92 Å². The first-order valence-electron chi connectivity index (χ1n) is 6.91. The SMILES string of the molecule is Cc1cc(Br)ccc1NC(=O)CNC(=O)CSc1ccccn1. The molecule has 0 atom stereocenters. The van der Waals surface area contributed by atoms with E-state index in [0.29, 0.717) is 0 Å². The van der Waals surface area contributed by atoms with Gasteiger partial charge in [-0.2, -0.15) is 0 Å². The van der Waals surface area contributed by atoms with Crippen LogP contribution in [-0.2, 0) is 9.59 Å². The molecule has 0 radical (unpaired) electrons. The lowest BCUT2D eigenvalue weighted by Crippen LogP contribution is -2.34. The minimum atomic E-state index is -0.258. The number of aromatic nitrogens is 1. The van der Waals surface area contributed by atoms with Crippen LogP contribution in [-0.4, -0.2) is 29.1 Å². The lowest BCUT2D eigenvalue weighted by Gasteiger charge is -2.09. The Bertz CT molecular complexity index is 695. The van der Waals surface area contributed by atoms with Gasteiger partial charge in [0.1, 0.15) is 0 Å². The van der Waals surface area contributed by atoms with E-state index in [0.717, 1.165) is 20.7 Å². The third-order valence-corrected chi connectivity index (χ3v) is 4.33. The summed E-state index contributed by atoms with van der Waals surface area (Å²) in [5.41, 5.74) is 1.68. The Hall–Kier alpha value is -1.86. The fourth-order valence-corrected chi connectivity index (χ4v) is 2.93. The van der Waals surface area contributed by atoms with Crippen molar-refractivity contribution in [3.05, 3.63) is 52.6 Å². The van der Waals surface area contributed by atoms with Crippen LogP contribution in [0.4, 0.5) is 5.69 Å². The fraction of sp³-hybridized carbons (Fsp3) is 0.188. The van der Waals surface area contributed by atoms with Crippen molar-refractivity contribution >= 4 is 45.2 Å². The van der Waals surface area contributed by atoms with Crippen LogP contribution in [0.15, 0.2) is 52.1 Å². The van der Waals surface area contributed by atoms with Crippen molar-refractivity contribution in [2.24, 2.45) is 0 Å². The van der Waals surface area contributed by atoms with Gasteiger partial charge < -0.3 is 10.6 Å². The number of amides is 2. The van der Waals surface area contributed by atoms with Gasteiger partial charge in [0.05, 0.1) is 17.3 Å². The van der Waals surface area contributed by atoms with Gasteiger partial charge in [0.25, 0.3) is 0 Å². The molecule has 1 heterocycles. The third-order valence-electron chi connectivity index (χ3n) is 2.90. The van der Waals surface area contributed by atoms with Crippen molar-refractivity contribution in [2.75, 3.05) is 17.6 Å². The molecular formula is C16H16BrN3O2S. The number of halogens is 1. The van der Waals surface area contributed by atoms with Crippen LogP contribution in [0.5, 0.6) is 0 Å². The number of hydrogen-bond acceptors (Lipinski definition) is 4. The maximum Gasteiger partial charge on any atom is 0.243 e. The Balaban J connectivity index is 1.74. The second-order valence-corrected chi connectivity index (χ2v) is 6.65. The summed E-state index contributed by atoms with van der Waals surface area (Å²) in [5.74, 6) is -0.239. The summed E-state index contributed by atoms with van der Waals surface area (Å²) in [6.07, 6.45) is 1.67. The predicted molar refractivity (Wildman–Crippen MR) is 95.5 cm³/mol. The first kappa shape index (κ1) is 17.5. The van der Waals surface area contributed by atoms with Crippen molar-refractivity contribution in [3.8, 4) is 0 Å². The van der Waals surface area contributed by atoms with Crippen molar-refractivity contribution in [1.82, 2.24) is 10.3 Å². The van der Waals surface area contributed by atoms with Crippen LogP contribution in [0.2, 0.25) is 0 Å². The van der Waals surface area contributed by atoms with Crippen LogP contribution in [0.25, 0.3) is 0 Å². The van der Waals surface area contributed by atoms with Gasteiger partial charge in [-0.3, -0.25) is 9.59 Å². The Kier molecular flexibility index (Phi) is 6.61. The van der Waals surface area contributed by atoms with Gasteiger partial charge in [0.15, 0.2) is 0 Å². The van der Waals surface area contributed by atoms with E-state index < -0.39 is 0 Å². The summed E-state index contributed by atoms with van der Waals surface area (Å²) in [4.78, 5) is 27.7. The number of carbonyl (C=O) groups excluding carboxylic acids is 2. The molecule has 5 nitrogen and oxygen atoms in total. The van der Waals surface area contributed by atoms with E-state index in [1.807, 2.05) is 43.3 Å². The Morgan fingerprint density at radius 2 is 2.04 bits per heavy atom. The van der Waals surface area contributed by atoms with E-state index in [-0.39, 0.29) is 24.1 Å². The highest BCUT2D eigenvalue weighted by molar-refractivity contribution is 9.10. The highest BCUT2D eigenvalue weighted by atomic mass is 79.9. The normalized spacial score (nSPS) is 10.2. The number of carbonyl (C=O) groups is 2. The molecule has 0 aliphatic heterocycles. The molecule has 120 valence electrons. The molecule has 23 heavy (non-hydrogen) atoms. The highest BCUT2D eigenvalue weighted by Gasteiger charge is 2.08. The largest absolute Gasteiger partial charge is 0.346 e. The van der Waals surface area contributed by atoms with E-state index >= 15 is 0 Å². The molecule has 0 aliphatic rings. The quantitative estimate of drug-likeness (QED) is 0.739. The molecule has 0 fully saturated rings. The minimum absolute atomic E-state index is 0.0584. The zero-order valence-electron chi connectivity index (χ0n) is 12.5. The number of nitrogens with zero attached hydrogens (tertiary/aromatic N) is 1. The average molecular weight is 394 g/mol. The van der Waals surface area contributed by atoms with Gasteiger partial charge in [-0.15, -0.1) is 0 Å². The number of nitrogens with one attached hydrogen (secondary N) is 2. The smallest absolute Gasteiger partial charge is 0.243 e. The zero-order chi connectivity index (χ0) is 16.7. The van der Waals surface area contributed by atoms with E-state index in [9.17, 15) is 9.59 Å². The maximum absolute atomic E-state index is 11.9. The molecule has 1 aromatic heterocycles. The monoisotopic (exact) mass is 393 g/mol. The van der Waals surface area contributed by atoms with E-state index in [2.05, 4.69) is 31.5 Å². The van der Waals surface area contributed by atoms with Crippen LogP contribution >= 0.6 is 27.7 Å². The summed E-state index contributed by atoms with van der Waals surface area (Å²) in [7, 11) is 0. The molecule has 2 rings (SSSR count). The lowest BCUT2D eigenvalue weighted by atomic mass is 10.2. The van der Waals surface area contributed by atoms with Gasteiger partial charge in [0.2, 0.25) is 11.8 Å². The van der Waals surface area contributed by atoms with Crippen LogP contribution < -0.4 is 10.6 Å². The van der Waals surface area contributed by atoms with Crippen molar-refractivity contribution < 1.29 is 9.59 Å². The number of thioether (sulfide) groups is 1. The molecule has 2 N–H and O–H groups in total. The molecule has 7 heteroatoms. The van der Waals surface area contributed by atoms with Gasteiger partial charge in [0, 0.05) is 16.4 Å². The van der Waals surface area contributed by atoms with Gasteiger partial charge in [-0.05, 0) is 42.8 Å². The molecule has 0 bridgehead atoms. The standard InChI is InChI=1S/C16H16BrN3O2S/c1-11-8-12(17)5-6-13(11)20-14(21)9-19-15(22)10-23-16-4-2-3-7-18-16/h2-8H,9-10H2,1H3,(H,19,22)(H,20,21). The molecule has 0 saturated carbocycles. The zero-order valence-corrected chi connectivity index (χ0v) is 14.9. The van der Waals surface area contributed by atoms with Crippen LogP contribution in [0.1, 0.15) is 5.56 Å². The fourth-order valence-electron chi connectivity index (χ4n) is 1.76. The molecule has 0 unspecified atom stereocenters. The highest BCUT2D eigenvalue weighted by Crippen LogP contribution is 2.19. The second kappa shape index (κ2) is 8.69. The summed E-state index contributed by atoms with van der Waals surface area (Å²) < 4.78 is 0.952. The van der Waals surface area contributed by atoms with Gasteiger partial charge >= 0.3 is 0 Å². The van der Waals surface area contributed by atoms with E-state index in [1.165, 1.54) is 11.8 Å². The molecule has 0 aliphatic carbocycles. The summed E-state index contributed by atoms with van der Waals surface area (Å²) in [6.45, 7) is 1.85. The van der Waals surface area contributed by atoms with E-state index in [1.54, 1.807) is 6.20 Å². The van der Waals surface area contributed by atoms with Crippen LogP contribution in [0.3, 0.4) is 0 Å². The Labute approximate surface area is 147 Å². The number of aryl methyl sites for hydroxylation is 1. The molecule has 2 amide bonds. The molecular weight excluding hydrogens is 378 g/mol. The van der Waals surface area contributed by atoms with Crippen molar-refractivity contribution in [2.45, 2.75) is 11.9 Å². The second-order valence-electron chi connectivity index (χ2n) is 4.74. The van der Waals surface area contributed by atoms with Gasteiger partial charge in [-0.1, -0.05) is 33.8 Å². The number of benzene rings is 1. The minimum Gasteiger partial charge on any atom is -0.346 e. The number of pyridine rings is 1. The summed E-state index contributed by atoms with van der Waals surface area (Å²) in [6, 6.07) is 11.1. The first-order valence-corrected chi connectivity index (χ1v) is 8.69. The summed E-state index contributed by atoms with van der Waals surface area (Å²) >= 11 is 4.70. The molecule has 0 saturated heterocycles.